The van der Waals surface area contributed by atoms with E-state index in [1.54, 1.807) is 16.7 Å². The zero-order valence-corrected chi connectivity index (χ0v) is 13.2. The molecule has 0 atom stereocenters. The molecule has 0 bridgehead atoms. The van der Waals surface area contributed by atoms with Crippen LogP contribution in [0.4, 0.5) is 0 Å². The van der Waals surface area contributed by atoms with Crippen LogP contribution in [-0.2, 0) is 16.1 Å². The van der Waals surface area contributed by atoms with E-state index in [0.29, 0.717) is 26.2 Å². The average molecular weight is 348 g/mol. The molecule has 2 N–H and O–H groups in total. The van der Waals surface area contributed by atoms with E-state index in [-0.39, 0.29) is 18.2 Å². The summed E-state index contributed by atoms with van der Waals surface area (Å²) in [6.07, 6.45) is 0. The fourth-order valence-corrected chi connectivity index (χ4v) is 2.76. The van der Waals surface area contributed by atoms with Gasteiger partial charge in [-0.2, -0.15) is 0 Å². The Bertz CT molecular complexity index is 717. The lowest BCUT2D eigenvalue weighted by molar-refractivity contribution is -0.133. The van der Waals surface area contributed by atoms with E-state index in [4.69, 9.17) is 28.3 Å². The van der Waals surface area contributed by atoms with Crippen molar-refractivity contribution in [1.82, 2.24) is 14.9 Å². The summed E-state index contributed by atoms with van der Waals surface area (Å²) in [4.78, 5) is 26.6. The van der Waals surface area contributed by atoms with E-state index in [9.17, 15) is 9.59 Å². The number of likely N-dealkylation sites (N-methyl/N-ethyl adjacent to an activating group) is 1. The highest BCUT2D eigenvalue weighted by Crippen LogP contribution is 2.31. The van der Waals surface area contributed by atoms with E-state index in [1.165, 1.54) is 7.05 Å². The summed E-state index contributed by atoms with van der Waals surface area (Å²) < 4.78 is 1.62. The monoisotopic (exact) mass is 347 g/mol. The zero-order chi connectivity index (χ0) is 15.6. The quantitative estimate of drug-likeness (QED) is 0.810. The Morgan fingerprint density at radius 3 is 2.67 bits per heavy atom. The van der Waals surface area contributed by atoms with Crippen LogP contribution in [0.15, 0.2) is 17.3 Å². The highest BCUT2D eigenvalue weighted by molar-refractivity contribution is 7.99. The van der Waals surface area contributed by atoms with Gasteiger partial charge in [0.1, 0.15) is 6.54 Å². The first-order chi connectivity index (χ1) is 9.92. The van der Waals surface area contributed by atoms with Crippen LogP contribution in [0, 0.1) is 0 Å². The van der Waals surface area contributed by atoms with E-state index >= 15 is 0 Å². The number of nitrogens with one attached hydrogen (secondary N) is 1. The van der Waals surface area contributed by atoms with E-state index in [2.05, 4.69) is 10.3 Å². The van der Waals surface area contributed by atoms with Crippen LogP contribution >= 0.6 is 35.0 Å². The van der Waals surface area contributed by atoms with Crippen molar-refractivity contribution in [3.63, 3.8) is 0 Å². The molecule has 1 heterocycles. The highest BCUT2D eigenvalue weighted by atomic mass is 35.5. The molecule has 0 unspecified atom stereocenters. The maximum Gasteiger partial charge on any atom is 0.313 e. The number of carbonyl (C=O) groups is 2. The molecule has 2 rings (SSSR count). The van der Waals surface area contributed by atoms with Gasteiger partial charge in [0.2, 0.25) is 5.91 Å². The molecule has 2 aromatic rings. The van der Waals surface area contributed by atoms with E-state index < -0.39 is 5.97 Å². The molecule has 1 amide bonds. The Labute approximate surface area is 134 Å². The lowest BCUT2D eigenvalue weighted by Crippen LogP contribution is -2.23. The maximum absolute atomic E-state index is 11.6. The molecule has 0 spiro atoms. The van der Waals surface area contributed by atoms with Gasteiger partial charge in [0, 0.05) is 7.05 Å². The number of halogens is 2. The van der Waals surface area contributed by atoms with Gasteiger partial charge in [0.25, 0.3) is 0 Å². The smallest absolute Gasteiger partial charge is 0.313 e. The summed E-state index contributed by atoms with van der Waals surface area (Å²) >= 11 is 13.0. The molecule has 0 fully saturated rings. The number of hydrogen-bond donors (Lipinski definition) is 2. The first-order valence-corrected chi connectivity index (χ1v) is 7.57. The lowest BCUT2D eigenvalue weighted by atomic mass is 10.3. The summed E-state index contributed by atoms with van der Waals surface area (Å²) in [6, 6.07) is 3.20. The molecule has 9 heteroatoms. The van der Waals surface area contributed by atoms with Gasteiger partial charge in [0.05, 0.1) is 26.8 Å². The molecule has 21 heavy (non-hydrogen) atoms. The number of aromatic nitrogens is 2. The molecule has 0 aliphatic heterocycles. The van der Waals surface area contributed by atoms with Crippen LogP contribution in [0.1, 0.15) is 0 Å². The van der Waals surface area contributed by atoms with Crippen molar-refractivity contribution in [2.45, 2.75) is 11.7 Å². The van der Waals surface area contributed by atoms with Crippen LogP contribution in [0.25, 0.3) is 11.0 Å². The maximum atomic E-state index is 11.6. The fourth-order valence-electron chi connectivity index (χ4n) is 1.71. The molecule has 6 nitrogen and oxygen atoms in total. The van der Waals surface area contributed by atoms with Crippen LogP contribution in [0.3, 0.4) is 0 Å². The number of hydrogen-bond acceptors (Lipinski definition) is 4. The average Bonchev–Trinajstić information content (AvgIpc) is 2.74. The molecule has 0 aliphatic carbocycles. The third-order valence-corrected chi connectivity index (χ3v) is 4.34. The molecule has 1 aromatic heterocycles. The molecule has 0 saturated heterocycles. The van der Waals surface area contributed by atoms with Crippen molar-refractivity contribution < 1.29 is 14.7 Å². The Morgan fingerprint density at radius 1 is 1.38 bits per heavy atom. The normalized spacial score (nSPS) is 10.8. The van der Waals surface area contributed by atoms with Crippen LogP contribution in [0.5, 0.6) is 0 Å². The molecule has 112 valence electrons. The minimum Gasteiger partial charge on any atom is -0.481 e. The standard InChI is InChI=1S/C12H11Cl2N3O3S/c1-15-10(18)4-17-9-3-7(14)6(13)2-8(9)16-12(17)21-5-11(19)20/h2-3H,4-5H2,1H3,(H,15,18)(H,19,20). The first-order valence-electron chi connectivity index (χ1n) is 5.83. The van der Waals surface area contributed by atoms with Crippen molar-refractivity contribution in [1.29, 1.82) is 0 Å². The van der Waals surface area contributed by atoms with Gasteiger partial charge in [-0.15, -0.1) is 0 Å². The number of thioether (sulfide) groups is 1. The number of benzene rings is 1. The number of carboxylic acids is 1. The Kier molecular flexibility index (Phi) is 4.97. The van der Waals surface area contributed by atoms with Gasteiger partial charge in [-0.05, 0) is 12.1 Å². The number of carbonyl (C=O) groups excluding carboxylic acids is 1. The number of fused-ring (bicyclic) bond motifs is 1. The lowest BCUT2D eigenvalue weighted by Gasteiger charge is -2.07. The predicted octanol–water partition coefficient (Wildman–Crippen LogP) is 2.27. The van der Waals surface area contributed by atoms with Gasteiger partial charge < -0.3 is 15.0 Å². The molecular weight excluding hydrogens is 337 g/mol. The predicted molar refractivity (Wildman–Crippen MR) is 82.2 cm³/mol. The zero-order valence-electron chi connectivity index (χ0n) is 10.9. The first kappa shape index (κ1) is 15.9. The van der Waals surface area contributed by atoms with Crippen molar-refractivity contribution in [3.05, 3.63) is 22.2 Å². The van der Waals surface area contributed by atoms with E-state index in [1.807, 2.05) is 0 Å². The SMILES string of the molecule is CNC(=O)Cn1c(SCC(=O)O)nc2cc(Cl)c(Cl)cc21. The number of aliphatic carboxylic acids is 1. The molecular formula is C12H11Cl2N3O3S. The van der Waals surface area contributed by atoms with Crippen molar-refractivity contribution in [3.8, 4) is 0 Å². The number of amides is 1. The third kappa shape index (κ3) is 3.61. The summed E-state index contributed by atoms with van der Waals surface area (Å²) in [5.74, 6) is -1.34. The summed E-state index contributed by atoms with van der Waals surface area (Å²) in [5.41, 5.74) is 1.18. The largest absolute Gasteiger partial charge is 0.481 e. The van der Waals surface area contributed by atoms with Gasteiger partial charge >= 0.3 is 5.97 Å². The summed E-state index contributed by atoms with van der Waals surface area (Å²) in [7, 11) is 1.52. The van der Waals surface area contributed by atoms with Crippen molar-refractivity contribution in [2.75, 3.05) is 12.8 Å². The van der Waals surface area contributed by atoms with Gasteiger partial charge in [-0.1, -0.05) is 35.0 Å². The minimum atomic E-state index is -0.963. The summed E-state index contributed by atoms with van der Waals surface area (Å²) in [5, 5.41) is 12.4. The number of carboxylic acid groups (broad SMARTS) is 1. The minimum absolute atomic E-state index is 0.0207. The highest BCUT2D eigenvalue weighted by Gasteiger charge is 2.16. The van der Waals surface area contributed by atoms with Gasteiger partial charge in [-0.25, -0.2) is 4.98 Å². The molecule has 0 aliphatic rings. The molecule has 0 saturated carbocycles. The second-order valence-electron chi connectivity index (χ2n) is 4.09. The van der Waals surface area contributed by atoms with Crippen molar-refractivity contribution >= 4 is 57.9 Å². The van der Waals surface area contributed by atoms with Crippen LogP contribution in [-0.4, -0.2) is 39.3 Å². The fraction of sp³-hybridized carbons (Fsp3) is 0.250. The molecule has 1 aromatic carbocycles. The second kappa shape index (κ2) is 6.55. The Morgan fingerprint density at radius 2 is 2.05 bits per heavy atom. The number of rotatable bonds is 5. The van der Waals surface area contributed by atoms with Gasteiger partial charge in [0.15, 0.2) is 5.16 Å². The Balaban J connectivity index is 2.51. The van der Waals surface area contributed by atoms with Gasteiger partial charge in [-0.3, -0.25) is 9.59 Å². The third-order valence-electron chi connectivity index (χ3n) is 2.66. The molecule has 0 radical (unpaired) electrons. The van der Waals surface area contributed by atoms with Crippen molar-refractivity contribution in [2.24, 2.45) is 0 Å². The van der Waals surface area contributed by atoms with Crippen LogP contribution < -0.4 is 5.32 Å². The summed E-state index contributed by atoms with van der Waals surface area (Å²) in [6.45, 7) is 0.0207. The van der Waals surface area contributed by atoms with Crippen LogP contribution in [0.2, 0.25) is 10.0 Å². The van der Waals surface area contributed by atoms with E-state index in [0.717, 1.165) is 11.8 Å². The second-order valence-corrected chi connectivity index (χ2v) is 5.85. The number of imidazole rings is 1. The number of nitrogens with zero attached hydrogens (tertiary/aromatic N) is 2. The topological polar surface area (TPSA) is 84.2 Å². The Hall–Kier alpha value is -1.44.